The first-order chi connectivity index (χ1) is 10.2. The van der Waals surface area contributed by atoms with Gasteiger partial charge in [0.15, 0.2) is 5.82 Å². The summed E-state index contributed by atoms with van der Waals surface area (Å²) >= 11 is 0. The van der Waals surface area contributed by atoms with Crippen LogP contribution in [0.15, 0.2) is 6.07 Å². The predicted molar refractivity (Wildman–Crippen MR) is 85.7 cm³/mol. The summed E-state index contributed by atoms with van der Waals surface area (Å²) in [5.74, 6) is 2.46. The third-order valence-electron chi connectivity index (χ3n) is 3.54. The summed E-state index contributed by atoms with van der Waals surface area (Å²) in [6.45, 7) is 8.25. The van der Waals surface area contributed by atoms with Crippen LogP contribution in [0.1, 0.15) is 32.5 Å². The van der Waals surface area contributed by atoms with E-state index in [1.165, 1.54) is 19.4 Å². The van der Waals surface area contributed by atoms with Crippen molar-refractivity contribution in [2.75, 3.05) is 43.9 Å². The van der Waals surface area contributed by atoms with E-state index in [0.717, 1.165) is 30.5 Å². The Morgan fingerprint density at radius 1 is 1.33 bits per heavy atom. The van der Waals surface area contributed by atoms with E-state index in [1.54, 1.807) is 0 Å². The van der Waals surface area contributed by atoms with Crippen molar-refractivity contribution in [2.45, 2.75) is 39.3 Å². The van der Waals surface area contributed by atoms with Gasteiger partial charge in [-0.05, 0) is 40.3 Å². The van der Waals surface area contributed by atoms with Gasteiger partial charge < -0.3 is 20.3 Å². The average Bonchev–Trinajstić information content (AvgIpc) is 2.45. The molecule has 0 amide bonds. The molecule has 1 aliphatic rings. The molecule has 0 aromatic carbocycles. The van der Waals surface area contributed by atoms with Gasteiger partial charge in [0.2, 0.25) is 0 Å². The highest BCUT2D eigenvalue weighted by Crippen LogP contribution is 2.17. The molecule has 1 saturated heterocycles. The zero-order chi connectivity index (χ0) is 15.1. The molecule has 1 aromatic heterocycles. The van der Waals surface area contributed by atoms with E-state index < -0.39 is 0 Å². The maximum absolute atomic E-state index is 5.43. The van der Waals surface area contributed by atoms with Crippen molar-refractivity contribution in [3.8, 4) is 0 Å². The van der Waals surface area contributed by atoms with Gasteiger partial charge in [-0.3, -0.25) is 0 Å². The van der Waals surface area contributed by atoms with E-state index in [-0.39, 0.29) is 0 Å². The molecule has 1 unspecified atom stereocenters. The van der Waals surface area contributed by atoms with Gasteiger partial charge in [0.1, 0.15) is 18.2 Å². The molecule has 1 aromatic rings. The van der Waals surface area contributed by atoms with Gasteiger partial charge in [0.25, 0.3) is 0 Å². The smallest absolute Gasteiger partial charge is 0.158 e. The van der Waals surface area contributed by atoms with Crippen molar-refractivity contribution in [2.24, 2.45) is 0 Å². The van der Waals surface area contributed by atoms with Crippen molar-refractivity contribution in [3.05, 3.63) is 11.9 Å². The number of ether oxygens (including phenoxy) is 1. The van der Waals surface area contributed by atoms with E-state index >= 15 is 0 Å². The first-order valence-electron chi connectivity index (χ1n) is 7.86. The van der Waals surface area contributed by atoms with Crippen LogP contribution in [0, 0.1) is 0 Å². The van der Waals surface area contributed by atoms with Crippen molar-refractivity contribution in [3.63, 3.8) is 0 Å². The minimum absolute atomic E-state index is 0.452. The maximum atomic E-state index is 5.43. The molecule has 0 radical (unpaired) electrons. The number of nitrogens with zero attached hydrogens (tertiary/aromatic N) is 3. The summed E-state index contributed by atoms with van der Waals surface area (Å²) in [6, 6.07) is 2.43. The van der Waals surface area contributed by atoms with Crippen LogP contribution in [-0.2, 0) is 11.3 Å². The normalized spacial score (nSPS) is 19.5. The third-order valence-corrected chi connectivity index (χ3v) is 3.54. The number of rotatable bonds is 7. The lowest BCUT2D eigenvalue weighted by atomic mass is 10.1. The monoisotopic (exact) mass is 293 g/mol. The molecule has 0 saturated carbocycles. The Kier molecular flexibility index (Phi) is 6.20. The zero-order valence-corrected chi connectivity index (χ0v) is 13.4. The quantitative estimate of drug-likeness (QED) is 0.801. The molecule has 6 nitrogen and oxygen atoms in total. The molecular formula is C15H27N5O. The first kappa shape index (κ1) is 16.0. The van der Waals surface area contributed by atoms with Crippen LogP contribution in [0.25, 0.3) is 0 Å². The molecule has 0 spiro atoms. The molecule has 2 N–H and O–H groups in total. The van der Waals surface area contributed by atoms with Crippen LogP contribution in [0.5, 0.6) is 0 Å². The van der Waals surface area contributed by atoms with Crippen LogP contribution >= 0.6 is 0 Å². The Labute approximate surface area is 127 Å². The van der Waals surface area contributed by atoms with Gasteiger partial charge in [0, 0.05) is 31.8 Å². The van der Waals surface area contributed by atoms with Crippen LogP contribution < -0.4 is 10.6 Å². The van der Waals surface area contributed by atoms with Crippen molar-refractivity contribution >= 4 is 11.6 Å². The van der Waals surface area contributed by atoms with Crippen LogP contribution in [0.2, 0.25) is 0 Å². The molecule has 1 atom stereocenters. The number of hydrogen-bond acceptors (Lipinski definition) is 6. The van der Waals surface area contributed by atoms with Crippen molar-refractivity contribution in [1.82, 2.24) is 14.9 Å². The second-order valence-electron chi connectivity index (χ2n) is 5.47. The molecule has 1 fully saturated rings. The number of piperidine rings is 1. The lowest BCUT2D eigenvalue weighted by Crippen LogP contribution is -2.40. The fraction of sp³-hybridized carbons (Fsp3) is 0.733. The van der Waals surface area contributed by atoms with Crippen LogP contribution in [0.4, 0.5) is 11.6 Å². The highest BCUT2D eigenvalue weighted by molar-refractivity contribution is 5.48. The number of hydrogen-bond donors (Lipinski definition) is 2. The standard InChI is InChI=1S/C15H27N5O/c1-4-16-13-9-14(19-15(18-13)11-21-5-2)17-12-7-6-8-20(3)10-12/h9,12H,4-8,10-11H2,1-3H3,(H2,16,17,18,19). The molecule has 0 aliphatic carbocycles. The fourth-order valence-corrected chi connectivity index (χ4v) is 2.59. The number of anilines is 2. The van der Waals surface area contributed by atoms with Crippen molar-refractivity contribution < 1.29 is 4.74 Å². The van der Waals surface area contributed by atoms with E-state index in [4.69, 9.17) is 4.74 Å². The molecule has 2 rings (SSSR count). The lowest BCUT2D eigenvalue weighted by molar-refractivity contribution is 0.128. The number of aromatic nitrogens is 2. The Balaban J connectivity index is 2.06. The van der Waals surface area contributed by atoms with E-state index in [2.05, 4.69) is 39.5 Å². The van der Waals surface area contributed by atoms with E-state index in [0.29, 0.717) is 19.3 Å². The summed E-state index contributed by atoms with van der Waals surface area (Å²) in [5.41, 5.74) is 0. The summed E-state index contributed by atoms with van der Waals surface area (Å²) in [4.78, 5) is 11.4. The number of likely N-dealkylation sites (tertiary alicyclic amines) is 1. The minimum Gasteiger partial charge on any atom is -0.374 e. The highest BCUT2D eigenvalue weighted by atomic mass is 16.5. The van der Waals surface area contributed by atoms with Crippen LogP contribution in [0.3, 0.4) is 0 Å². The van der Waals surface area contributed by atoms with Gasteiger partial charge in [-0.2, -0.15) is 0 Å². The topological polar surface area (TPSA) is 62.3 Å². The summed E-state index contributed by atoms with van der Waals surface area (Å²) < 4.78 is 5.43. The highest BCUT2D eigenvalue weighted by Gasteiger charge is 2.17. The Morgan fingerprint density at radius 3 is 2.86 bits per heavy atom. The van der Waals surface area contributed by atoms with Gasteiger partial charge in [0.05, 0.1) is 0 Å². The largest absolute Gasteiger partial charge is 0.374 e. The van der Waals surface area contributed by atoms with Gasteiger partial charge >= 0.3 is 0 Å². The van der Waals surface area contributed by atoms with Gasteiger partial charge in [-0.1, -0.05) is 0 Å². The third kappa shape index (κ3) is 5.13. The summed E-state index contributed by atoms with van der Waals surface area (Å²) in [7, 11) is 2.17. The number of likely N-dealkylation sites (N-methyl/N-ethyl adjacent to an activating group) is 1. The van der Waals surface area contributed by atoms with E-state index in [9.17, 15) is 0 Å². The maximum Gasteiger partial charge on any atom is 0.158 e. The zero-order valence-electron chi connectivity index (χ0n) is 13.4. The Morgan fingerprint density at radius 2 is 2.14 bits per heavy atom. The Hall–Kier alpha value is -1.40. The average molecular weight is 293 g/mol. The summed E-state index contributed by atoms with van der Waals surface area (Å²) in [5, 5.41) is 6.79. The van der Waals surface area contributed by atoms with Crippen molar-refractivity contribution in [1.29, 1.82) is 0 Å². The second kappa shape index (κ2) is 8.14. The van der Waals surface area contributed by atoms with Gasteiger partial charge in [-0.15, -0.1) is 0 Å². The molecule has 21 heavy (non-hydrogen) atoms. The molecule has 1 aliphatic heterocycles. The molecule has 6 heteroatoms. The predicted octanol–water partition coefficient (Wildman–Crippen LogP) is 1.95. The minimum atomic E-state index is 0.452. The molecule has 2 heterocycles. The second-order valence-corrected chi connectivity index (χ2v) is 5.47. The molecule has 118 valence electrons. The first-order valence-corrected chi connectivity index (χ1v) is 7.86. The number of nitrogens with one attached hydrogen (secondary N) is 2. The van der Waals surface area contributed by atoms with E-state index in [1.807, 2.05) is 13.0 Å². The van der Waals surface area contributed by atoms with Crippen LogP contribution in [-0.4, -0.2) is 54.2 Å². The summed E-state index contributed by atoms with van der Waals surface area (Å²) in [6.07, 6.45) is 2.41. The Bertz CT molecular complexity index is 440. The molecular weight excluding hydrogens is 266 g/mol. The SMILES string of the molecule is CCNc1cc(NC2CCCN(C)C2)nc(COCC)n1. The molecule has 0 bridgehead atoms. The fourth-order valence-electron chi connectivity index (χ4n) is 2.59. The lowest BCUT2D eigenvalue weighted by Gasteiger charge is -2.30. The van der Waals surface area contributed by atoms with Gasteiger partial charge in [-0.25, -0.2) is 9.97 Å².